The molecule has 0 atom stereocenters. The lowest BCUT2D eigenvalue weighted by molar-refractivity contribution is 0.102. The monoisotopic (exact) mass is 395 g/mol. The number of benzene rings is 2. The summed E-state index contributed by atoms with van der Waals surface area (Å²) in [6.07, 6.45) is 0. The third-order valence-electron chi connectivity index (χ3n) is 4.41. The second kappa shape index (κ2) is 7.71. The summed E-state index contributed by atoms with van der Waals surface area (Å²) in [4.78, 5) is 13.9. The van der Waals surface area contributed by atoms with E-state index in [0.717, 1.165) is 18.2 Å². The fourth-order valence-electron chi connectivity index (χ4n) is 2.77. The number of hydrogen-bond acceptors (Lipinski definition) is 4. The second-order valence-corrected chi connectivity index (χ2v) is 8.22. The van der Waals surface area contributed by atoms with Gasteiger partial charge in [0.25, 0.3) is 5.91 Å². The third-order valence-corrected chi connectivity index (χ3v) is 6.30. The number of carbonyl (C=O) groups is 1. The highest BCUT2D eigenvalue weighted by molar-refractivity contribution is 7.89. The average molecular weight is 395 g/mol. The van der Waals surface area contributed by atoms with Gasteiger partial charge in [0.05, 0.1) is 16.1 Å². The van der Waals surface area contributed by atoms with Crippen molar-refractivity contribution in [1.82, 2.24) is 9.21 Å². The van der Waals surface area contributed by atoms with Crippen LogP contribution in [-0.4, -0.2) is 56.8 Å². The first kappa shape index (κ1) is 19.4. The second-order valence-electron chi connectivity index (χ2n) is 6.28. The van der Waals surface area contributed by atoms with E-state index in [0.29, 0.717) is 26.2 Å². The predicted molar refractivity (Wildman–Crippen MR) is 97.0 cm³/mol. The van der Waals surface area contributed by atoms with Gasteiger partial charge in [-0.05, 0) is 37.4 Å². The summed E-state index contributed by atoms with van der Waals surface area (Å²) in [5, 5.41) is 2.26. The van der Waals surface area contributed by atoms with E-state index in [-0.39, 0.29) is 16.1 Å². The minimum absolute atomic E-state index is 0.187. The molecule has 1 N–H and O–H groups in total. The smallest absolute Gasteiger partial charge is 0.258 e. The molecular formula is C18H19F2N3O3S. The Balaban J connectivity index is 1.79. The lowest BCUT2D eigenvalue weighted by Gasteiger charge is -2.31. The van der Waals surface area contributed by atoms with Crippen LogP contribution >= 0.6 is 0 Å². The number of likely N-dealkylation sites (N-methyl/N-ethyl adjacent to an activating group) is 1. The molecule has 27 heavy (non-hydrogen) atoms. The van der Waals surface area contributed by atoms with Gasteiger partial charge >= 0.3 is 0 Å². The molecule has 9 heteroatoms. The highest BCUT2D eigenvalue weighted by Crippen LogP contribution is 2.23. The molecule has 1 fully saturated rings. The molecular weight excluding hydrogens is 376 g/mol. The van der Waals surface area contributed by atoms with Crippen molar-refractivity contribution in [2.45, 2.75) is 4.90 Å². The fourth-order valence-corrected chi connectivity index (χ4v) is 4.20. The summed E-state index contributed by atoms with van der Waals surface area (Å²) < 4.78 is 54.6. The van der Waals surface area contributed by atoms with Gasteiger partial charge in [-0.15, -0.1) is 0 Å². The van der Waals surface area contributed by atoms with E-state index in [2.05, 4.69) is 5.32 Å². The summed E-state index contributed by atoms with van der Waals surface area (Å²) in [6, 6.07) is 8.58. The number of sulfonamides is 1. The summed E-state index contributed by atoms with van der Waals surface area (Å²) in [5.74, 6) is -2.46. The van der Waals surface area contributed by atoms with Crippen molar-refractivity contribution >= 4 is 21.6 Å². The van der Waals surface area contributed by atoms with E-state index in [1.54, 1.807) is 0 Å². The first-order valence-corrected chi connectivity index (χ1v) is 9.77. The zero-order chi connectivity index (χ0) is 19.6. The first-order valence-electron chi connectivity index (χ1n) is 8.33. The highest BCUT2D eigenvalue weighted by atomic mass is 32.2. The largest absolute Gasteiger partial charge is 0.319 e. The lowest BCUT2D eigenvalue weighted by Crippen LogP contribution is -2.47. The number of rotatable bonds is 4. The topological polar surface area (TPSA) is 69.7 Å². The number of halogens is 2. The Morgan fingerprint density at radius 3 is 2.30 bits per heavy atom. The van der Waals surface area contributed by atoms with Crippen molar-refractivity contribution < 1.29 is 22.0 Å². The molecule has 3 rings (SSSR count). The molecule has 0 radical (unpaired) electrons. The van der Waals surface area contributed by atoms with Crippen molar-refractivity contribution in [1.29, 1.82) is 0 Å². The molecule has 0 unspecified atom stereocenters. The van der Waals surface area contributed by atoms with Crippen LogP contribution in [0.5, 0.6) is 0 Å². The van der Waals surface area contributed by atoms with E-state index < -0.39 is 27.6 Å². The Bertz CT molecular complexity index is 958. The molecule has 0 bridgehead atoms. The molecule has 0 spiro atoms. The molecule has 144 valence electrons. The van der Waals surface area contributed by atoms with Gasteiger partial charge in [-0.2, -0.15) is 4.31 Å². The minimum Gasteiger partial charge on any atom is -0.319 e. The van der Waals surface area contributed by atoms with Gasteiger partial charge in [0.1, 0.15) is 11.6 Å². The predicted octanol–water partition coefficient (Wildman–Crippen LogP) is 2.15. The van der Waals surface area contributed by atoms with Crippen LogP contribution in [0.2, 0.25) is 0 Å². The van der Waals surface area contributed by atoms with Crippen LogP contribution in [-0.2, 0) is 10.0 Å². The molecule has 6 nitrogen and oxygen atoms in total. The van der Waals surface area contributed by atoms with E-state index in [4.69, 9.17) is 0 Å². The fraction of sp³-hybridized carbons (Fsp3) is 0.278. The van der Waals surface area contributed by atoms with Gasteiger partial charge in [-0.25, -0.2) is 17.2 Å². The van der Waals surface area contributed by atoms with Gasteiger partial charge in [-0.1, -0.05) is 12.1 Å². The molecule has 0 aliphatic carbocycles. The van der Waals surface area contributed by atoms with E-state index in [1.165, 1.54) is 28.6 Å². The van der Waals surface area contributed by atoms with Crippen LogP contribution < -0.4 is 5.32 Å². The lowest BCUT2D eigenvalue weighted by atomic mass is 10.2. The molecule has 1 aliphatic heterocycles. The van der Waals surface area contributed by atoms with Gasteiger partial charge < -0.3 is 10.2 Å². The standard InChI is InChI=1S/C18H19F2N3O3S/c1-22-8-10-23(11-9-22)27(25,26)13-6-7-17(16(20)12-13)21-18(24)14-4-2-3-5-15(14)19/h2-7,12H,8-11H2,1H3,(H,21,24). The summed E-state index contributed by atoms with van der Waals surface area (Å²) in [6.45, 7) is 1.84. The van der Waals surface area contributed by atoms with Crippen LogP contribution in [0.15, 0.2) is 47.4 Å². The summed E-state index contributed by atoms with van der Waals surface area (Å²) in [5.41, 5.74) is -0.452. The van der Waals surface area contributed by atoms with Crippen molar-refractivity contribution in [2.75, 3.05) is 38.5 Å². The van der Waals surface area contributed by atoms with E-state index >= 15 is 0 Å². The van der Waals surface area contributed by atoms with Crippen molar-refractivity contribution in [3.8, 4) is 0 Å². The number of anilines is 1. The zero-order valence-electron chi connectivity index (χ0n) is 14.7. The maximum atomic E-state index is 14.4. The van der Waals surface area contributed by atoms with Crippen LogP contribution in [0.1, 0.15) is 10.4 Å². The average Bonchev–Trinajstić information content (AvgIpc) is 2.64. The van der Waals surface area contributed by atoms with E-state index in [1.807, 2.05) is 11.9 Å². The Labute approximate surface area is 156 Å². The summed E-state index contributed by atoms with van der Waals surface area (Å²) in [7, 11) is -1.92. The zero-order valence-corrected chi connectivity index (χ0v) is 15.5. The molecule has 1 saturated heterocycles. The maximum absolute atomic E-state index is 14.4. The molecule has 0 saturated carbocycles. The Kier molecular flexibility index (Phi) is 5.54. The number of nitrogens with one attached hydrogen (secondary N) is 1. The Morgan fingerprint density at radius 1 is 1.00 bits per heavy atom. The third kappa shape index (κ3) is 4.15. The molecule has 1 amide bonds. The minimum atomic E-state index is -3.82. The first-order chi connectivity index (χ1) is 12.8. The van der Waals surface area contributed by atoms with Crippen molar-refractivity contribution in [3.05, 3.63) is 59.7 Å². The van der Waals surface area contributed by atoms with Gasteiger partial charge in [0.15, 0.2) is 0 Å². The number of amides is 1. The van der Waals surface area contributed by atoms with Crippen LogP contribution in [0.4, 0.5) is 14.5 Å². The normalized spacial score (nSPS) is 16.3. The number of nitrogens with zero attached hydrogens (tertiary/aromatic N) is 2. The highest BCUT2D eigenvalue weighted by Gasteiger charge is 2.28. The molecule has 2 aromatic carbocycles. The van der Waals surface area contributed by atoms with E-state index in [9.17, 15) is 22.0 Å². The quantitative estimate of drug-likeness (QED) is 0.861. The van der Waals surface area contributed by atoms with Crippen LogP contribution in [0.3, 0.4) is 0 Å². The number of hydrogen-bond donors (Lipinski definition) is 1. The molecule has 1 heterocycles. The molecule has 0 aromatic heterocycles. The van der Waals surface area contributed by atoms with Gasteiger partial charge in [0, 0.05) is 26.2 Å². The maximum Gasteiger partial charge on any atom is 0.258 e. The van der Waals surface area contributed by atoms with Crippen LogP contribution in [0, 0.1) is 11.6 Å². The Hall–Kier alpha value is -2.36. The molecule has 1 aliphatic rings. The van der Waals surface area contributed by atoms with Gasteiger partial charge in [0.2, 0.25) is 10.0 Å². The SMILES string of the molecule is CN1CCN(S(=O)(=O)c2ccc(NC(=O)c3ccccc3F)c(F)c2)CC1. The van der Waals surface area contributed by atoms with Crippen molar-refractivity contribution in [2.24, 2.45) is 0 Å². The molecule has 2 aromatic rings. The van der Waals surface area contributed by atoms with Crippen LogP contribution in [0.25, 0.3) is 0 Å². The summed E-state index contributed by atoms with van der Waals surface area (Å²) >= 11 is 0. The number of carbonyl (C=O) groups excluding carboxylic acids is 1. The van der Waals surface area contributed by atoms with Gasteiger partial charge in [-0.3, -0.25) is 4.79 Å². The number of piperazine rings is 1. The van der Waals surface area contributed by atoms with Crippen molar-refractivity contribution in [3.63, 3.8) is 0 Å². The Morgan fingerprint density at radius 2 is 1.67 bits per heavy atom.